The lowest BCUT2D eigenvalue weighted by molar-refractivity contribution is 0.381. The Kier molecular flexibility index (Phi) is 4.57. The Morgan fingerprint density at radius 1 is 1.24 bits per heavy atom. The first-order valence-corrected chi connectivity index (χ1v) is 6.87. The van der Waals surface area contributed by atoms with E-state index in [4.69, 9.17) is 4.42 Å². The molecule has 0 unspecified atom stereocenters. The third kappa shape index (κ3) is 4.53. The standard InChI is InChI=1S/C15H21FN4O/c1-15(2,3)17-9-13-18-19-14(21-13)20(4)10-11-7-5-6-8-12(11)16/h5-8,17H,9-10H2,1-4H3. The Hall–Kier alpha value is -1.95. The molecule has 21 heavy (non-hydrogen) atoms. The molecule has 2 aromatic rings. The lowest BCUT2D eigenvalue weighted by atomic mass is 10.1. The van der Waals surface area contributed by atoms with Crippen molar-refractivity contribution in [2.24, 2.45) is 0 Å². The van der Waals surface area contributed by atoms with E-state index < -0.39 is 0 Å². The number of halogens is 1. The molecule has 0 saturated heterocycles. The Labute approximate surface area is 124 Å². The summed E-state index contributed by atoms with van der Waals surface area (Å²) < 4.78 is 19.2. The van der Waals surface area contributed by atoms with Gasteiger partial charge < -0.3 is 14.6 Å². The van der Waals surface area contributed by atoms with Gasteiger partial charge in [-0.1, -0.05) is 23.3 Å². The summed E-state index contributed by atoms with van der Waals surface area (Å²) in [6.45, 7) is 7.07. The van der Waals surface area contributed by atoms with E-state index in [0.29, 0.717) is 30.6 Å². The highest BCUT2D eigenvalue weighted by atomic mass is 19.1. The summed E-state index contributed by atoms with van der Waals surface area (Å²) in [6, 6.07) is 7.03. The minimum absolute atomic E-state index is 0.0201. The molecular weight excluding hydrogens is 271 g/mol. The van der Waals surface area contributed by atoms with Gasteiger partial charge in [0.25, 0.3) is 0 Å². The van der Waals surface area contributed by atoms with E-state index in [-0.39, 0.29) is 11.4 Å². The maximum absolute atomic E-state index is 13.6. The number of nitrogens with one attached hydrogen (secondary N) is 1. The molecule has 0 spiro atoms. The van der Waals surface area contributed by atoms with Crippen molar-refractivity contribution in [2.75, 3.05) is 11.9 Å². The molecule has 1 aromatic carbocycles. The average Bonchev–Trinajstić information content (AvgIpc) is 2.87. The summed E-state index contributed by atoms with van der Waals surface area (Å²) in [4.78, 5) is 1.73. The van der Waals surface area contributed by atoms with Crippen LogP contribution in [-0.4, -0.2) is 22.8 Å². The Bertz CT molecular complexity index is 591. The monoisotopic (exact) mass is 292 g/mol. The van der Waals surface area contributed by atoms with Gasteiger partial charge in [0.15, 0.2) is 0 Å². The maximum atomic E-state index is 13.6. The molecule has 114 valence electrons. The van der Waals surface area contributed by atoms with E-state index in [0.717, 1.165) is 0 Å². The molecule has 5 nitrogen and oxygen atoms in total. The summed E-state index contributed by atoms with van der Waals surface area (Å²) in [5, 5.41) is 11.3. The summed E-state index contributed by atoms with van der Waals surface area (Å²) >= 11 is 0. The van der Waals surface area contributed by atoms with Crippen molar-refractivity contribution in [3.63, 3.8) is 0 Å². The van der Waals surface area contributed by atoms with Crippen LogP contribution in [0.1, 0.15) is 32.2 Å². The van der Waals surface area contributed by atoms with Gasteiger partial charge in [-0.05, 0) is 26.8 Å². The van der Waals surface area contributed by atoms with Gasteiger partial charge in [-0.2, -0.15) is 0 Å². The van der Waals surface area contributed by atoms with E-state index in [9.17, 15) is 4.39 Å². The second kappa shape index (κ2) is 6.22. The SMILES string of the molecule is CN(Cc1ccccc1F)c1nnc(CNC(C)(C)C)o1. The molecule has 0 radical (unpaired) electrons. The molecule has 0 aliphatic rings. The largest absolute Gasteiger partial charge is 0.407 e. The van der Waals surface area contributed by atoms with E-state index in [1.807, 2.05) is 0 Å². The second-order valence-corrected chi connectivity index (χ2v) is 6.03. The van der Waals surface area contributed by atoms with Gasteiger partial charge in [0.1, 0.15) is 5.82 Å². The topological polar surface area (TPSA) is 54.2 Å². The van der Waals surface area contributed by atoms with Crippen LogP contribution in [-0.2, 0) is 13.1 Å². The molecule has 0 aliphatic carbocycles. The highest BCUT2D eigenvalue weighted by molar-refractivity contribution is 5.27. The predicted octanol–water partition coefficient (Wildman–Crippen LogP) is 2.73. The number of aromatic nitrogens is 2. The quantitative estimate of drug-likeness (QED) is 0.918. The van der Waals surface area contributed by atoms with Crippen LogP contribution in [0.5, 0.6) is 0 Å². The zero-order valence-corrected chi connectivity index (χ0v) is 12.9. The summed E-state index contributed by atoms with van der Waals surface area (Å²) in [6.07, 6.45) is 0. The lowest BCUT2D eigenvalue weighted by Crippen LogP contribution is -2.35. The predicted molar refractivity (Wildman–Crippen MR) is 79.4 cm³/mol. The minimum Gasteiger partial charge on any atom is -0.407 e. The van der Waals surface area contributed by atoms with Gasteiger partial charge in [0.05, 0.1) is 6.54 Å². The van der Waals surface area contributed by atoms with Gasteiger partial charge >= 0.3 is 6.01 Å². The van der Waals surface area contributed by atoms with Crippen molar-refractivity contribution < 1.29 is 8.81 Å². The van der Waals surface area contributed by atoms with Crippen LogP contribution in [0.2, 0.25) is 0 Å². The molecule has 1 N–H and O–H groups in total. The van der Waals surface area contributed by atoms with Gasteiger partial charge in [0, 0.05) is 24.7 Å². The molecule has 1 aromatic heterocycles. The summed E-state index contributed by atoms with van der Waals surface area (Å²) in [7, 11) is 1.79. The van der Waals surface area contributed by atoms with Crippen LogP contribution >= 0.6 is 0 Å². The van der Waals surface area contributed by atoms with Crippen LogP contribution in [0.4, 0.5) is 10.4 Å². The third-order valence-corrected chi connectivity index (χ3v) is 2.92. The van der Waals surface area contributed by atoms with Crippen molar-refractivity contribution in [1.82, 2.24) is 15.5 Å². The smallest absolute Gasteiger partial charge is 0.318 e. The molecule has 6 heteroatoms. The number of hydrogen-bond donors (Lipinski definition) is 1. The van der Waals surface area contributed by atoms with Crippen LogP contribution in [0.15, 0.2) is 28.7 Å². The number of rotatable bonds is 5. The Balaban J connectivity index is 1.99. The summed E-state index contributed by atoms with van der Waals surface area (Å²) in [5.74, 6) is 0.277. The molecule has 0 aliphatic heterocycles. The van der Waals surface area contributed by atoms with Crippen molar-refractivity contribution in [3.8, 4) is 0 Å². The van der Waals surface area contributed by atoms with Crippen molar-refractivity contribution in [3.05, 3.63) is 41.5 Å². The highest BCUT2D eigenvalue weighted by Gasteiger charge is 2.15. The third-order valence-electron chi connectivity index (χ3n) is 2.92. The van der Waals surface area contributed by atoms with Crippen molar-refractivity contribution in [2.45, 2.75) is 39.4 Å². The Morgan fingerprint density at radius 2 is 1.95 bits per heavy atom. The maximum Gasteiger partial charge on any atom is 0.318 e. The first kappa shape index (κ1) is 15.4. The number of nitrogens with zero attached hydrogens (tertiary/aromatic N) is 3. The molecular formula is C15H21FN4O. The van der Waals surface area contributed by atoms with E-state index in [2.05, 4.69) is 36.3 Å². The molecule has 0 atom stereocenters. The highest BCUT2D eigenvalue weighted by Crippen LogP contribution is 2.16. The van der Waals surface area contributed by atoms with Crippen LogP contribution in [0.3, 0.4) is 0 Å². The van der Waals surface area contributed by atoms with Gasteiger partial charge in [-0.3, -0.25) is 0 Å². The zero-order chi connectivity index (χ0) is 15.5. The van der Waals surface area contributed by atoms with Crippen LogP contribution in [0, 0.1) is 5.82 Å². The molecule has 0 amide bonds. The molecule has 0 saturated carbocycles. The molecule has 1 heterocycles. The van der Waals surface area contributed by atoms with Gasteiger partial charge in [0.2, 0.25) is 5.89 Å². The van der Waals surface area contributed by atoms with E-state index in [1.54, 1.807) is 30.1 Å². The molecule has 2 rings (SSSR count). The molecule has 0 fully saturated rings. The second-order valence-electron chi connectivity index (χ2n) is 6.03. The van der Waals surface area contributed by atoms with Crippen molar-refractivity contribution >= 4 is 6.01 Å². The zero-order valence-electron chi connectivity index (χ0n) is 12.9. The number of anilines is 1. The van der Waals surface area contributed by atoms with E-state index in [1.165, 1.54) is 6.07 Å². The summed E-state index contributed by atoms with van der Waals surface area (Å²) in [5.41, 5.74) is 0.570. The first-order valence-electron chi connectivity index (χ1n) is 6.87. The molecule has 0 bridgehead atoms. The fourth-order valence-corrected chi connectivity index (χ4v) is 1.76. The minimum atomic E-state index is -0.238. The van der Waals surface area contributed by atoms with E-state index >= 15 is 0 Å². The van der Waals surface area contributed by atoms with Crippen LogP contribution in [0.25, 0.3) is 0 Å². The fraction of sp³-hybridized carbons (Fsp3) is 0.467. The normalized spacial score (nSPS) is 11.7. The van der Waals surface area contributed by atoms with Gasteiger partial charge in [-0.25, -0.2) is 4.39 Å². The fourth-order valence-electron chi connectivity index (χ4n) is 1.76. The number of benzene rings is 1. The average molecular weight is 292 g/mol. The van der Waals surface area contributed by atoms with Crippen LogP contribution < -0.4 is 10.2 Å². The first-order chi connectivity index (χ1) is 9.85. The number of hydrogen-bond acceptors (Lipinski definition) is 5. The van der Waals surface area contributed by atoms with Crippen molar-refractivity contribution in [1.29, 1.82) is 0 Å². The Morgan fingerprint density at radius 3 is 2.62 bits per heavy atom. The van der Waals surface area contributed by atoms with Gasteiger partial charge in [-0.15, -0.1) is 5.10 Å². The lowest BCUT2D eigenvalue weighted by Gasteiger charge is -2.18.